The van der Waals surface area contributed by atoms with Gasteiger partial charge in [-0.25, -0.2) is 0 Å². The zero-order valence-electron chi connectivity index (χ0n) is 13.5. The first-order valence-electron chi connectivity index (χ1n) is 7.88. The van der Waals surface area contributed by atoms with Crippen molar-refractivity contribution in [3.8, 4) is 0 Å². The van der Waals surface area contributed by atoms with Gasteiger partial charge in [-0.3, -0.25) is 0 Å². The van der Waals surface area contributed by atoms with Crippen molar-refractivity contribution in [3.63, 3.8) is 0 Å². The minimum Gasteiger partial charge on any atom is -0.390 e. The number of fused-ring (bicyclic) bond motifs is 1. The lowest BCUT2D eigenvalue weighted by Gasteiger charge is -2.34. The Balaban J connectivity index is 2.17. The highest BCUT2D eigenvalue weighted by Crippen LogP contribution is 2.38. The fraction of sp³-hybridized carbons (Fsp3) is 0.238. The summed E-state index contributed by atoms with van der Waals surface area (Å²) in [6.07, 6.45) is 0.225. The second-order valence-corrected chi connectivity index (χ2v) is 6.78. The average Bonchev–Trinajstić information content (AvgIpc) is 2.53. The smallest absolute Gasteiger partial charge is 0.117 e. The molecule has 0 aliphatic heterocycles. The van der Waals surface area contributed by atoms with Gasteiger partial charge in [0.1, 0.15) is 5.60 Å². The van der Waals surface area contributed by atoms with Crippen molar-refractivity contribution in [1.82, 2.24) is 0 Å². The van der Waals surface area contributed by atoms with Crippen LogP contribution in [-0.4, -0.2) is 15.8 Å². The molecule has 2 nitrogen and oxygen atoms in total. The Morgan fingerprint density at radius 1 is 0.696 bits per heavy atom. The zero-order valence-corrected chi connectivity index (χ0v) is 13.5. The van der Waals surface area contributed by atoms with Crippen molar-refractivity contribution in [1.29, 1.82) is 0 Å². The third kappa shape index (κ3) is 3.29. The normalized spacial score (nSPS) is 14.6. The molecule has 2 heteroatoms. The molecule has 3 aromatic rings. The van der Waals surface area contributed by atoms with Crippen LogP contribution in [0.15, 0.2) is 72.8 Å². The van der Waals surface area contributed by atoms with Gasteiger partial charge in [0, 0.05) is 6.42 Å². The first-order chi connectivity index (χ1) is 10.9. The third-order valence-corrected chi connectivity index (χ3v) is 4.17. The molecule has 2 N–H and O–H groups in total. The van der Waals surface area contributed by atoms with E-state index in [0.29, 0.717) is 0 Å². The molecule has 1 atom stereocenters. The number of aliphatic hydroxyl groups is 2. The fourth-order valence-corrected chi connectivity index (χ4v) is 3.16. The van der Waals surface area contributed by atoms with Crippen LogP contribution >= 0.6 is 0 Å². The Morgan fingerprint density at radius 2 is 1.30 bits per heavy atom. The van der Waals surface area contributed by atoms with Crippen molar-refractivity contribution in [2.45, 2.75) is 31.5 Å². The van der Waals surface area contributed by atoms with Gasteiger partial charge in [0.2, 0.25) is 0 Å². The molecule has 1 unspecified atom stereocenters. The van der Waals surface area contributed by atoms with E-state index >= 15 is 0 Å². The number of hydrogen-bond acceptors (Lipinski definition) is 2. The van der Waals surface area contributed by atoms with Crippen LogP contribution in [0.2, 0.25) is 0 Å². The molecule has 0 radical (unpaired) electrons. The van der Waals surface area contributed by atoms with Crippen LogP contribution in [0.3, 0.4) is 0 Å². The molecule has 0 saturated carbocycles. The predicted octanol–water partition coefficient (Wildman–Crippen LogP) is 4.24. The van der Waals surface area contributed by atoms with Crippen LogP contribution in [0.1, 0.15) is 31.4 Å². The van der Waals surface area contributed by atoms with Crippen LogP contribution in [0.5, 0.6) is 0 Å². The summed E-state index contributed by atoms with van der Waals surface area (Å²) in [5, 5.41) is 24.0. The van der Waals surface area contributed by atoms with Gasteiger partial charge in [0.05, 0.1) is 5.60 Å². The fourth-order valence-electron chi connectivity index (χ4n) is 3.16. The van der Waals surface area contributed by atoms with Crippen molar-refractivity contribution in [2.24, 2.45) is 0 Å². The highest BCUT2D eigenvalue weighted by molar-refractivity contribution is 5.83. The van der Waals surface area contributed by atoms with Gasteiger partial charge >= 0.3 is 0 Å². The Hall–Kier alpha value is -2.16. The molecular weight excluding hydrogens is 284 g/mol. The van der Waals surface area contributed by atoms with E-state index < -0.39 is 11.2 Å². The lowest BCUT2D eigenvalue weighted by atomic mass is 9.78. The molecule has 0 aliphatic carbocycles. The van der Waals surface area contributed by atoms with Crippen molar-refractivity contribution in [2.75, 3.05) is 0 Å². The summed E-state index contributed by atoms with van der Waals surface area (Å²) in [5.41, 5.74) is -0.637. The molecule has 0 saturated heterocycles. The van der Waals surface area contributed by atoms with Crippen molar-refractivity contribution >= 4 is 10.8 Å². The topological polar surface area (TPSA) is 40.5 Å². The number of rotatable bonds is 4. The van der Waals surface area contributed by atoms with Gasteiger partial charge in [0.25, 0.3) is 0 Å². The van der Waals surface area contributed by atoms with Gasteiger partial charge in [-0.1, -0.05) is 66.7 Å². The summed E-state index contributed by atoms with van der Waals surface area (Å²) in [7, 11) is 0. The predicted molar refractivity (Wildman–Crippen MR) is 94.3 cm³/mol. The van der Waals surface area contributed by atoms with Gasteiger partial charge in [-0.05, 0) is 41.8 Å². The molecule has 0 heterocycles. The van der Waals surface area contributed by atoms with Gasteiger partial charge < -0.3 is 10.2 Å². The maximum atomic E-state index is 11.5. The van der Waals surface area contributed by atoms with Gasteiger partial charge in [0.15, 0.2) is 0 Å². The second-order valence-electron chi connectivity index (χ2n) is 6.78. The highest BCUT2D eigenvalue weighted by atomic mass is 16.3. The van der Waals surface area contributed by atoms with E-state index in [1.165, 1.54) is 0 Å². The molecule has 0 amide bonds. The van der Waals surface area contributed by atoms with E-state index in [-0.39, 0.29) is 6.42 Å². The summed E-state index contributed by atoms with van der Waals surface area (Å²) < 4.78 is 0. The van der Waals surface area contributed by atoms with Crippen LogP contribution in [0.25, 0.3) is 10.8 Å². The molecule has 0 bridgehead atoms. The maximum absolute atomic E-state index is 11.5. The Labute approximate surface area is 137 Å². The van der Waals surface area contributed by atoms with Crippen LogP contribution < -0.4 is 0 Å². The standard InChI is InChI=1S/C21H22O2/c1-20(2,22)15-21(23,18-10-4-3-5-11-18)19-13-12-16-8-6-7-9-17(16)14-19/h3-14,22-23H,15H2,1-2H3. The Kier molecular flexibility index (Phi) is 3.97. The molecule has 118 valence electrons. The maximum Gasteiger partial charge on any atom is 0.117 e. The summed E-state index contributed by atoms with van der Waals surface area (Å²) in [6, 6.07) is 23.6. The molecule has 23 heavy (non-hydrogen) atoms. The molecule has 3 aromatic carbocycles. The van der Waals surface area contributed by atoms with Crippen molar-refractivity contribution < 1.29 is 10.2 Å². The minimum absolute atomic E-state index is 0.225. The lowest BCUT2D eigenvalue weighted by Crippen LogP contribution is -2.36. The van der Waals surface area contributed by atoms with E-state index in [0.717, 1.165) is 21.9 Å². The summed E-state index contributed by atoms with van der Waals surface area (Å²) in [5.74, 6) is 0. The number of benzene rings is 3. The highest BCUT2D eigenvalue weighted by Gasteiger charge is 2.37. The van der Waals surface area contributed by atoms with Crippen LogP contribution in [0, 0.1) is 0 Å². The van der Waals surface area contributed by atoms with Gasteiger partial charge in [-0.15, -0.1) is 0 Å². The average molecular weight is 306 g/mol. The van der Waals surface area contributed by atoms with E-state index in [2.05, 4.69) is 6.07 Å². The minimum atomic E-state index is -1.23. The van der Waals surface area contributed by atoms with Crippen LogP contribution in [0.4, 0.5) is 0 Å². The number of hydrogen-bond donors (Lipinski definition) is 2. The summed E-state index contributed by atoms with van der Waals surface area (Å²) >= 11 is 0. The summed E-state index contributed by atoms with van der Waals surface area (Å²) in [4.78, 5) is 0. The van der Waals surface area contributed by atoms with E-state index in [4.69, 9.17) is 0 Å². The Bertz CT molecular complexity index is 803. The van der Waals surface area contributed by atoms with E-state index in [9.17, 15) is 10.2 Å². The quantitative estimate of drug-likeness (QED) is 0.757. The van der Waals surface area contributed by atoms with Crippen LogP contribution in [-0.2, 0) is 5.60 Å². The van der Waals surface area contributed by atoms with E-state index in [1.54, 1.807) is 13.8 Å². The van der Waals surface area contributed by atoms with E-state index in [1.807, 2.05) is 66.7 Å². The molecular formula is C21H22O2. The molecule has 0 fully saturated rings. The monoisotopic (exact) mass is 306 g/mol. The SMILES string of the molecule is CC(C)(O)CC(O)(c1ccccc1)c1ccc2ccccc2c1. The van der Waals surface area contributed by atoms with Crippen molar-refractivity contribution in [3.05, 3.63) is 83.9 Å². The largest absolute Gasteiger partial charge is 0.390 e. The second kappa shape index (κ2) is 5.80. The molecule has 3 rings (SSSR count). The molecule has 0 spiro atoms. The molecule has 0 aromatic heterocycles. The first-order valence-corrected chi connectivity index (χ1v) is 7.88. The third-order valence-electron chi connectivity index (χ3n) is 4.17. The molecule has 0 aliphatic rings. The summed E-state index contributed by atoms with van der Waals surface area (Å²) in [6.45, 7) is 3.45. The lowest BCUT2D eigenvalue weighted by molar-refractivity contribution is -0.0258. The first kappa shape index (κ1) is 15.7. The Morgan fingerprint density at radius 3 is 1.96 bits per heavy atom. The zero-order chi connectivity index (χ0) is 16.5. The van der Waals surface area contributed by atoms with Gasteiger partial charge in [-0.2, -0.15) is 0 Å².